The lowest BCUT2D eigenvalue weighted by atomic mass is 10.2. The Balaban J connectivity index is 2.41. The number of hydrogen-bond donors (Lipinski definition) is 0. The zero-order valence-corrected chi connectivity index (χ0v) is 9.85. The van der Waals surface area contributed by atoms with Gasteiger partial charge >= 0.3 is 0 Å². The number of nitrogens with zero attached hydrogens (tertiary/aromatic N) is 3. The Labute approximate surface area is 109 Å². The van der Waals surface area contributed by atoms with Crippen LogP contribution in [-0.4, -0.2) is 9.91 Å². The highest BCUT2D eigenvalue weighted by atomic mass is 16.6. The zero-order chi connectivity index (χ0) is 13.7. The molecule has 92 valence electrons. The highest BCUT2D eigenvalue weighted by Crippen LogP contribution is 2.19. The molecule has 0 N–H and O–H groups in total. The summed E-state index contributed by atoms with van der Waals surface area (Å²) in [6.07, 6.45) is 3.25. The first kappa shape index (κ1) is 12.5. The second-order valence-electron chi connectivity index (χ2n) is 3.71. The highest BCUT2D eigenvalue weighted by Gasteiger charge is 2.13. The van der Waals surface area contributed by atoms with Gasteiger partial charge in [0, 0.05) is 6.07 Å². The summed E-state index contributed by atoms with van der Waals surface area (Å²) in [5.74, 6) is 0. The Morgan fingerprint density at radius 3 is 2.53 bits per heavy atom. The standard InChI is InChI=1S/C14H9N3O2/c15-10-12-7-9-14(17(18)19)13(16-12)8-6-11-4-2-1-3-5-11/h1-9H/b8-6+. The van der Waals surface area contributed by atoms with Crippen molar-refractivity contribution in [2.75, 3.05) is 0 Å². The van der Waals surface area contributed by atoms with E-state index in [4.69, 9.17) is 5.26 Å². The van der Waals surface area contributed by atoms with Gasteiger partial charge in [0.1, 0.15) is 17.5 Å². The minimum atomic E-state index is -0.515. The molecule has 1 aromatic heterocycles. The van der Waals surface area contributed by atoms with Gasteiger partial charge < -0.3 is 0 Å². The van der Waals surface area contributed by atoms with E-state index in [1.807, 2.05) is 36.4 Å². The Kier molecular flexibility index (Phi) is 3.64. The van der Waals surface area contributed by atoms with Crippen LogP contribution in [0.25, 0.3) is 12.2 Å². The van der Waals surface area contributed by atoms with Crippen molar-refractivity contribution in [1.29, 1.82) is 5.26 Å². The van der Waals surface area contributed by atoms with Crippen LogP contribution in [0.15, 0.2) is 42.5 Å². The van der Waals surface area contributed by atoms with E-state index in [1.165, 1.54) is 18.2 Å². The molecular formula is C14H9N3O2. The molecule has 5 nitrogen and oxygen atoms in total. The summed E-state index contributed by atoms with van der Waals surface area (Å²) in [6.45, 7) is 0. The van der Waals surface area contributed by atoms with Crippen LogP contribution in [0, 0.1) is 21.4 Å². The van der Waals surface area contributed by atoms with Crippen molar-refractivity contribution in [3.05, 3.63) is 69.5 Å². The van der Waals surface area contributed by atoms with E-state index in [0.29, 0.717) is 0 Å². The average molecular weight is 251 g/mol. The lowest BCUT2D eigenvalue weighted by Crippen LogP contribution is -1.95. The van der Waals surface area contributed by atoms with Crippen LogP contribution < -0.4 is 0 Å². The van der Waals surface area contributed by atoms with Crippen molar-refractivity contribution in [3.63, 3.8) is 0 Å². The molecule has 1 heterocycles. The van der Waals surface area contributed by atoms with E-state index < -0.39 is 4.92 Å². The van der Waals surface area contributed by atoms with Crippen LogP contribution in [0.5, 0.6) is 0 Å². The lowest BCUT2D eigenvalue weighted by molar-refractivity contribution is -0.385. The van der Waals surface area contributed by atoms with Crippen LogP contribution >= 0.6 is 0 Å². The number of aromatic nitrogens is 1. The van der Waals surface area contributed by atoms with Crippen molar-refractivity contribution < 1.29 is 4.92 Å². The number of nitro groups is 1. The molecule has 0 fully saturated rings. The van der Waals surface area contributed by atoms with Crippen molar-refractivity contribution in [2.45, 2.75) is 0 Å². The minimum Gasteiger partial charge on any atom is -0.258 e. The van der Waals surface area contributed by atoms with Crippen LogP contribution in [0.3, 0.4) is 0 Å². The fourth-order valence-electron chi connectivity index (χ4n) is 1.55. The summed E-state index contributed by atoms with van der Waals surface area (Å²) < 4.78 is 0. The maximum atomic E-state index is 10.9. The van der Waals surface area contributed by atoms with Gasteiger partial charge in [-0.1, -0.05) is 36.4 Å². The molecule has 0 atom stereocenters. The molecule has 0 amide bonds. The molecule has 0 aliphatic rings. The summed E-state index contributed by atoms with van der Waals surface area (Å²) in [4.78, 5) is 14.3. The first-order valence-electron chi connectivity index (χ1n) is 5.49. The Hall–Kier alpha value is -3.00. The van der Waals surface area contributed by atoms with E-state index in [0.717, 1.165) is 5.56 Å². The molecule has 0 aliphatic carbocycles. The second kappa shape index (κ2) is 5.56. The molecular weight excluding hydrogens is 242 g/mol. The van der Waals surface area contributed by atoms with Crippen molar-refractivity contribution in [3.8, 4) is 6.07 Å². The summed E-state index contributed by atoms with van der Waals surface area (Å²) in [7, 11) is 0. The summed E-state index contributed by atoms with van der Waals surface area (Å²) >= 11 is 0. The summed E-state index contributed by atoms with van der Waals surface area (Å²) in [6, 6.07) is 13.8. The zero-order valence-electron chi connectivity index (χ0n) is 9.85. The molecule has 19 heavy (non-hydrogen) atoms. The predicted molar refractivity (Wildman–Crippen MR) is 71.0 cm³/mol. The normalized spacial score (nSPS) is 10.3. The molecule has 1 aromatic carbocycles. The van der Waals surface area contributed by atoms with Crippen LogP contribution in [0.4, 0.5) is 5.69 Å². The van der Waals surface area contributed by atoms with Crippen molar-refractivity contribution >= 4 is 17.8 Å². The van der Waals surface area contributed by atoms with Crippen LogP contribution in [-0.2, 0) is 0 Å². The molecule has 0 radical (unpaired) electrons. The molecule has 2 aromatic rings. The third-order valence-corrected chi connectivity index (χ3v) is 2.45. The van der Waals surface area contributed by atoms with Crippen LogP contribution in [0.2, 0.25) is 0 Å². The van der Waals surface area contributed by atoms with E-state index in [2.05, 4.69) is 4.98 Å². The number of hydrogen-bond acceptors (Lipinski definition) is 4. The molecule has 2 rings (SSSR count). The van der Waals surface area contributed by atoms with Gasteiger partial charge in [-0.05, 0) is 17.7 Å². The van der Waals surface area contributed by atoms with E-state index in [-0.39, 0.29) is 17.1 Å². The highest BCUT2D eigenvalue weighted by molar-refractivity contribution is 5.72. The number of benzene rings is 1. The van der Waals surface area contributed by atoms with Gasteiger partial charge in [0.05, 0.1) is 4.92 Å². The smallest absolute Gasteiger partial charge is 0.258 e. The molecule has 0 spiro atoms. The summed E-state index contributed by atoms with van der Waals surface area (Å²) in [5, 5.41) is 19.7. The fraction of sp³-hybridized carbons (Fsp3) is 0. The van der Waals surface area contributed by atoms with E-state index >= 15 is 0 Å². The molecule has 0 bridgehead atoms. The maximum Gasteiger partial charge on any atom is 0.294 e. The molecule has 0 unspecified atom stereocenters. The lowest BCUT2D eigenvalue weighted by Gasteiger charge is -1.97. The third-order valence-electron chi connectivity index (χ3n) is 2.45. The average Bonchev–Trinajstić information content (AvgIpc) is 2.45. The van der Waals surface area contributed by atoms with Crippen molar-refractivity contribution in [2.24, 2.45) is 0 Å². The predicted octanol–water partition coefficient (Wildman–Crippen LogP) is 3.03. The topological polar surface area (TPSA) is 79.8 Å². The van der Waals surface area contributed by atoms with Gasteiger partial charge in [-0.3, -0.25) is 10.1 Å². The summed E-state index contributed by atoms with van der Waals surface area (Å²) in [5.41, 5.74) is 1.11. The van der Waals surface area contributed by atoms with E-state index in [9.17, 15) is 10.1 Å². The Bertz CT molecular complexity index is 673. The Morgan fingerprint density at radius 2 is 1.89 bits per heavy atom. The molecule has 0 saturated heterocycles. The number of nitriles is 1. The van der Waals surface area contributed by atoms with Gasteiger partial charge in [0.25, 0.3) is 5.69 Å². The van der Waals surface area contributed by atoms with Crippen LogP contribution in [0.1, 0.15) is 17.0 Å². The fourth-order valence-corrected chi connectivity index (χ4v) is 1.55. The number of rotatable bonds is 3. The largest absolute Gasteiger partial charge is 0.294 e. The SMILES string of the molecule is N#Cc1ccc([N+](=O)[O-])c(/C=C/c2ccccc2)n1. The minimum absolute atomic E-state index is 0.119. The van der Waals surface area contributed by atoms with Crippen molar-refractivity contribution in [1.82, 2.24) is 4.98 Å². The number of pyridine rings is 1. The maximum absolute atomic E-state index is 10.9. The first-order valence-corrected chi connectivity index (χ1v) is 5.49. The van der Waals surface area contributed by atoms with Gasteiger partial charge in [-0.15, -0.1) is 0 Å². The second-order valence-corrected chi connectivity index (χ2v) is 3.71. The van der Waals surface area contributed by atoms with Gasteiger partial charge in [-0.2, -0.15) is 5.26 Å². The van der Waals surface area contributed by atoms with Gasteiger partial charge in [0.2, 0.25) is 0 Å². The quantitative estimate of drug-likeness (QED) is 0.620. The van der Waals surface area contributed by atoms with Gasteiger partial charge in [0.15, 0.2) is 0 Å². The van der Waals surface area contributed by atoms with E-state index in [1.54, 1.807) is 6.08 Å². The molecule has 0 aliphatic heterocycles. The monoisotopic (exact) mass is 251 g/mol. The molecule has 5 heteroatoms. The third kappa shape index (κ3) is 3.01. The Morgan fingerprint density at radius 1 is 1.16 bits per heavy atom. The van der Waals surface area contributed by atoms with Gasteiger partial charge in [-0.25, -0.2) is 4.98 Å². The molecule has 0 saturated carbocycles. The first-order chi connectivity index (χ1) is 9.20.